The van der Waals surface area contributed by atoms with Gasteiger partial charge in [-0.2, -0.15) is 0 Å². The van der Waals surface area contributed by atoms with Crippen molar-refractivity contribution < 1.29 is 9.32 Å². The molecule has 2 aromatic rings. The Bertz CT molecular complexity index is 556. The van der Waals surface area contributed by atoms with Gasteiger partial charge < -0.3 is 20.1 Å². The quantitative estimate of drug-likeness (QED) is 0.866. The average Bonchev–Trinajstić information content (AvgIpc) is 2.86. The first-order chi connectivity index (χ1) is 8.60. The molecule has 2 aromatic heterocycles. The number of hydrogen-bond acceptors (Lipinski definition) is 4. The molecule has 0 atom stereocenters. The normalized spacial score (nSPS) is 10.6. The second kappa shape index (κ2) is 4.95. The fraction of sp³-hybridized carbons (Fsp3) is 0.333. The Labute approximate surface area is 105 Å². The number of nitrogens with one attached hydrogen (secondary N) is 1. The fourth-order valence-corrected chi connectivity index (χ4v) is 1.76. The van der Waals surface area contributed by atoms with Gasteiger partial charge >= 0.3 is 0 Å². The van der Waals surface area contributed by atoms with E-state index in [-0.39, 0.29) is 5.91 Å². The smallest absolute Gasteiger partial charge is 0.273 e. The summed E-state index contributed by atoms with van der Waals surface area (Å²) in [7, 11) is 0. The summed E-state index contributed by atoms with van der Waals surface area (Å²) in [6, 6.07) is 3.31. The van der Waals surface area contributed by atoms with Crippen LogP contribution in [0.15, 0.2) is 22.9 Å². The summed E-state index contributed by atoms with van der Waals surface area (Å²) in [5.74, 6) is 0.808. The third-order valence-electron chi connectivity index (χ3n) is 2.48. The molecule has 18 heavy (non-hydrogen) atoms. The van der Waals surface area contributed by atoms with Gasteiger partial charge in [0.2, 0.25) is 0 Å². The van der Waals surface area contributed by atoms with Crippen LogP contribution in [-0.2, 0) is 6.54 Å². The molecule has 6 heteroatoms. The van der Waals surface area contributed by atoms with Crippen molar-refractivity contribution in [2.45, 2.75) is 26.8 Å². The standard InChI is InChI=1S/C12H16N4O2/c1-3-4-16-7-9(13)6-10(16)12(17)14-11-5-8(2)18-15-11/h5-7H,3-4,13H2,1-2H3,(H,14,15,17). The molecule has 0 spiro atoms. The van der Waals surface area contributed by atoms with Gasteiger partial charge in [-0.3, -0.25) is 4.79 Å². The highest BCUT2D eigenvalue weighted by atomic mass is 16.5. The van der Waals surface area contributed by atoms with Gasteiger partial charge in [0.15, 0.2) is 5.82 Å². The number of nitrogen functional groups attached to an aromatic ring is 1. The van der Waals surface area contributed by atoms with Crippen LogP contribution in [0.2, 0.25) is 0 Å². The first-order valence-corrected chi connectivity index (χ1v) is 5.80. The lowest BCUT2D eigenvalue weighted by atomic mass is 10.3. The molecule has 0 aliphatic carbocycles. The van der Waals surface area contributed by atoms with Gasteiger partial charge in [0, 0.05) is 18.8 Å². The van der Waals surface area contributed by atoms with E-state index in [4.69, 9.17) is 10.3 Å². The van der Waals surface area contributed by atoms with E-state index in [0.29, 0.717) is 23.0 Å². The number of amides is 1. The maximum Gasteiger partial charge on any atom is 0.273 e. The molecule has 0 aliphatic heterocycles. The lowest BCUT2D eigenvalue weighted by molar-refractivity contribution is 0.101. The minimum absolute atomic E-state index is 0.242. The summed E-state index contributed by atoms with van der Waals surface area (Å²) in [5.41, 5.74) is 6.81. The molecule has 0 fully saturated rings. The monoisotopic (exact) mass is 248 g/mol. The third-order valence-corrected chi connectivity index (χ3v) is 2.48. The highest BCUT2D eigenvalue weighted by molar-refractivity contribution is 6.03. The molecule has 1 amide bonds. The van der Waals surface area contributed by atoms with E-state index >= 15 is 0 Å². The molecule has 0 unspecified atom stereocenters. The summed E-state index contributed by atoms with van der Waals surface area (Å²) in [5, 5.41) is 6.39. The second-order valence-electron chi connectivity index (χ2n) is 4.13. The Morgan fingerprint density at radius 1 is 1.56 bits per heavy atom. The molecule has 96 valence electrons. The van der Waals surface area contributed by atoms with Crippen LogP contribution in [0.1, 0.15) is 29.6 Å². The third kappa shape index (κ3) is 2.53. The Balaban J connectivity index is 2.17. The zero-order valence-corrected chi connectivity index (χ0v) is 10.4. The number of hydrogen-bond donors (Lipinski definition) is 2. The highest BCUT2D eigenvalue weighted by Crippen LogP contribution is 2.14. The molecule has 2 heterocycles. The number of nitrogens with zero attached hydrogens (tertiary/aromatic N) is 2. The van der Waals surface area contributed by atoms with E-state index in [9.17, 15) is 4.79 Å². The SMILES string of the molecule is CCCn1cc(N)cc1C(=O)Nc1cc(C)on1. The van der Waals surface area contributed by atoms with Gasteiger partial charge in [-0.15, -0.1) is 0 Å². The van der Waals surface area contributed by atoms with E-state index in [0.717, 1.165) is 13.0 Å². The number of anilines is 2. The summed E-state index contributed by atoms with van der Waals surface area (Å²) in [6.45, 7) is 4.55. The first kappa shape index (κ1) is 12.2. The van der Waals surface area contributed by atoms with E-state index < -0.39 is 0 Å². The summed E-state index contributed by atoms with van der Waals surface area (Å²) >= 11 is 0. The van der Waals surface area contributed by atoms with Crippen molar-refractivity contribution in [1.29, 1.82) is 0 Å². The lowest BCUT2D eigenvalue weighted by Crippen LogP contribution is -2.16. The number of rotatable bonds is 4. The van der Waals surface area contributed by atoms with Crippen LogP contribution in [-0.4, -0.2) is 15.6 Å². The molecule has 2 rings (SSSR count). The molecule has 3 N–H and O–H groups in total. The fourth-order valence-electron chi connectivity index (χ4n) is 1.76. The molecular formula is C12H16N4O2. The van der Waals surface area contributed by atoms with Crippen LogP contribution in [0, 0.1) is 6.92 Å². The van der Waals surface area contributed by atoms with Gasteiger partial charge in [-0.1, -0.05) is 12.1 Å². The summed E-state index contributed by atoms with van der Waals surface area (Å²) in [4.78, 5) is 12.1. The average molecular weight is 248 g/mol. The predicted molar refractivity (Wildman–Crippen MR) is 68.3 cm³/mol. The Hall–Kier alpha value is -2.24. The molecule has 0 saturated heterocycles. The van der Waals surface area contributed by atoms with Crippen molar-refractivity contribution >= 4 is 17.4 Å². The van der Waals surface area contributed by atoms with Crippen LogP contribution < -0.4 is 11.1 Å². The van der Waals surface area contributed by atoms with Crippen molar-refractivity contribution in [2.75, 3.05) is 11.1 Å². The number of aryl methyl sites for hydroxylation is 2. The minimum Gasteiger partial charge on any atom is -0.397 e. The largest absolute Gasteiger partial charge is 0.397 e. The van der Waals surface area contributed by atoms with E-state index in [2.05, 4.69) is 10.5 Å². The number of carbonyl (C=O) groups excluding carboxylic acids is 1. The topological polar surface area (TPSA) is 86.1 Å². The molecule has 0 radical (unpaired) electrons. The van der Waals surface area contributed by atoms with Gasteiger partial charge in [-0.25, -0.2) is 0 Å². The van der Waals surface area contributed by atoms with Gasteiger partial charge in [-0.05, 0) is 19.4 Å². The van der Waals surface area contributed by atoms with Crippen molar-refractivity contribution in [3.8, 4) is 0 Å². The Morgan fingerprint density at radius 3 is 2.94 bits per heavy atom. The van der Waals surface area contributed by atoms with E-state index in [1.807, 2.05) is 11.5 Å². The van der Waals surface area contributed by atoms with Crippen molar-refractivity contribution in [3.05, 3.63) is 29.8 Å². The Morgan fingerprint density at radius 2 is 2.33 bits per heavy atom. The number of carbonyl (C=O) groups is 1. The highest BCUT2D eigenvalue weighted by Gasteiger charge is 2.14. The van der Waals surface area contributed by atoms with Gasteiger partial charge in [0.1, 0.15) is 11.5 Å². The van der Waals surface area contributed by atoms with Crippen LogP contribution in [0.25, 0.3) is 0 Å². The molecule has 6 nitrogen and oxygen atoms in total. The maximum atomic E-state index is 12.1. The number of nitrogens with two attached hydrogens (primary N) is 1. The van der Waals surface area contributed by atoms with Crippen LogP contribution in [0.4, 0.5) is 11.5 Å². The molecule has 0 aromatic carbocycles. The van der Waals surface area contributed by atoms with Crippen molar-refractivity contribution in [3.63, 3.8) is 0 Å². The summed E-state index contributed by atoms with van der Waals surface area (Å²) in [6.07, 6.45) is 2.68. The number of aromatic nitrogens is 2. The predicted octanol–water partition coefficient (Wildman–Crippen LogP) is 2.03. The van der Waals surface area contributed by atoms with Crippen molar-refractivity contribution in [2.24, 2.45) is 0 Å². The first-order valence-electron chi connectivity index (χ1n) is 5.80. The zero-order valence-electron chi connectivity index (χ0n) is 10.4. The second-order valence-corrected chi connectivity index (χ2v) is 4.13. The van der Waals surface area contributed by atoms with Crippen LogP contribution in [0.5, 0.6) is 0 Å². The molecule has 0 bridgehead atoms. The van der Waals surface area contributed by atoms with E-state index in [1.54, 1.807) is 25.3 Å². The van der Waals surface area contributed by atoms with Gasteiger partial charge in [0.05, 0.1) is 5.69 Å². The van der Waals surface area contributed by atoms with Crippen molar-refractivity contribution in [1.82, 2.24) is 9.72 Å². The Kier molecular flexibility index (Phi) is 3.36. The molecule has 0 saturated carbocycles. The van der Waals surface area contributed by atoms with Gasteiger partial charge in [0.25, 0.3) is 5.91 Å². The minimum atomic E-state index is -0.242. The molecule has 0 aliphatic rings. The van der Waals surface area contributed by atoms with Crippen LogP contribution >= 0.6 is 0 Å². The zero-order chi connectivity index (χ0) is 13.1. The lowest BCUT2D eigenvalue weighted by Gasteiger charge is -2.06. The van der Waals surface area contributed by atoms with Crippen LogP contribution in [0.3, 0.4) is 0 Å². The molecular weight excluding hydrogens is 232 g/mol. The maximum absolute atomic E-state index is 12.1. The summed E-state index contributed by atoms with van der Waals surface area (Å²) < 4.78 is 6.72. The van der Waals surface area contributed by atoms with E-state index in [1.165, 1.54) is 0 Å².